The van der Waals surface area contributed by atoms with Gasteiger partial charge in [-0.15, -0.1) is 0 Å². The maximum absolute atomic E-state index is 4.59. The molecular formula is C16H14BrN3. The molecule has 0 saturated heterocycles. The summed E-state index contributed by atoms with van der Waals surface area (Å²) >= 11 is 3.56. The number of hydrogen-bond donors (Lipinski definition) is 1. The zero-order chi connectivity index (χ0) is 13.9. The number of nitrogens with zero attached hydrogens (tertiary/aromatic N) is 2. The van der Waals surface area contributed by atoms with E-state index in [2.05, 4.69) is 43.3 Å². The lowest BCUT2D eigenvalue weighted by molar-refractivity contribution is 1.12. The van der Waals surface area contributed by atoms with E-state index in [0.29, 0.717) is 0 Å². The van der Waals surface area contributed by atoms with Crippen LogP contribution in [0.15, 0.2) is 53.3 Å². The number of anilines is 1. The highest BCUT2D eigenvalue weighted by atomic mass is 79.9. The zero-order valence-electron chi connectivity index (χ0n) is 11.1. The molecule has 0 aliphatic carbocycles. The Morgan fingerprint density at radius 1 is 1.15 bits per heavy atom. The summed E-state index contributed by atoms with van der Waals surface area (Å²) in [4.78, 5) is 8.63. The number of pyridine rings is 2. The minimum Gasteiger partial charge on any atom is -0.380 e. The molecule has 1 N–H and O–H groups in total. The molecule has 100 valence electrons. The second-order valence-electron chi connectivity index (χ2n) is 4.66. The number of aryl methyl sites for hydroxylation is 1. The number of halogens is 1. The van der Waals surface area contributed by atoms with E-state index < -0.39 is 0 Å². The van der Waals surface area contributed by atoms with Gasteiger partial charge in [-0.05, 0) is 52.7 Å². The molecule has 3 nitrogen and oxygen atoms in total. The van der Waals surface area contributed by atoms with E-state index in [1.807, 2.05) is 43.6 Å². The first-order valence-electron chi connectivity index (χ1n) is 6.43. The average Bonchev–Trinajstić information content (AvgIpc) is 2.47. The molecule has 20 heavy (non-hydrogen) atoms. The highest BCUT2D eigenvalue weighted by Gasteiger charge is 2.06. The Kier molecular flexibility index (Phi) is 3.65. The maximum atomic E-state index is 4.59. The fourth-order valence-corrected chi connectivity index (χ4v) is 2.64. The molecule has 0 spiro atoms. The quantitative estimate of drug-likeness (QED) is 0.778. The Bertz CT molecular complexity index is 741. The van der Waals surface area contributed by atoms with Crippen molar-refractivity contribution in [3.8, 4) is 0 Å². The van der Waals surface area contributed by atoms with Gasteiger partial charge in [0.2, 0.25) is 0 Å². The van der Waals surface area contributed by atoms with Crippen molar-refractivity contribution in [3.63, 3.8) is 0 Å². The third kappa shape index (κ3) is 2.65. The van der Waals surface area contributed by atoms with E-state index >= 15 is 0 Å². The SMILES string of the molecule is Cc1cc(NCc2ccncc2)c2cccc(Br)c2n1. The normalized spacial score (nSPS) is 10.7. The number of benzene rings is 1. The number of hydrogen-bond acceptors (Lipinski definition) is 3. The summed E-state index contributed by atoms with van der Waals surface area (Å²) in [7, 11) is 0. The molecular weight excluding hydrogens is 314 g/mol. The van der Waals surface area contributed by atoms with Crippen LogP contribution in [0.1, 0.15) is 11.3 Å². The molecule has 3 rings (SSSR count). The van der Waals surface area contributed by atoms with Crippen LogP contribution in [0.4, 0.5) is 5.69 Å². The van der Waals surface area contributed by atoms with Gasteiger partial charge < -0.3 is 5.32 Å². The largest absolute Gasteiger partial charge is 0.380 e. The Balaban J connectivity index is 1.97. The first-order chi connectivity index (χ1) is 9.74. The van der Waals surface area contributed by atoms with Gasteiger partial charge in [0.25, 0.3) is 0 Å². The van der Waals surface area contributed by atoms with Gasteiger partial charge in [-0.2, -0.15) is 0 Å². The van der Waals surface area contributed by atoms with Crippen LogP contribution in [0.2, 0.25) is 0 Å². The van der Waals surface area contributed by atoms with Gasteiger partial charge in [0.15, 0.2) is 0 Å². The molecule has 3 aromatic rings. The monoisotopic (exact) mass is 327 g/mol. The van der Waals surface area contributed by atoms with Crippen LogP contribution in [0, 0.1) is 6.92 Å². The second kappa shape index (κ2) is 5.59. The van der Waals surface area contributed by atoms with Crippen molar-refractivity contribution in [2.24, 2.45) is 0 Å². The Labute approximate surface area is 126 Å². The molecule has 0 aliphatic heterocycles. The third-order valence-electron chi connectivity index (χ3n) is 3.15. The van der Waals surface area contributed by atoms with Gasteiger partial charge >= 0.3 is 0 Å². The second-order valence-corrected chi connectivity index (χ2v) is 5.51. The predicted octanol–water partition coefficient (Wildman–Crippen LogP) is 4.31. The fourth-order valence-electron chi connectivity index (χ4n) is 2.19. The van der Waals surface area contributed by atoms with Crippen molar-refractivity contribution in [3.05, 3.63) is 64.5 Å². The van der Waals surface area contributed by atoms with Gasteiger partial charge in [-0.3, -0.25) is 9.97 Å². The first-order valence-corrected chi connectivity index (χ1v) is 7.22. The number of nitrogens with one attached hydrogen (secondary N) is 1. The van der Waals surface area contributed by atoms with E-state index in [9.17, 15) is 0 Å². The molecule has 0 saturated carbocycles. The van der Waals surface area contributed by atoms with Crippen molar-refractivity contribution >= 4 is 32.5 Å². The number of aromatic nitrogens is 2. The van der Waals surface area contributed by atoms with E-state index in [-0.39, 0.29) is 0 Å². The van der Waals surface area contributed by atoms with Crippen molar-refractivity contribution in [2.45, 2.75) is 13.5 Å². The van der Waals surface area contributed by atoms with Gasteiger partial charge in [0.05, 0.1) is 5.52 Å². The molecule has 0 aliphatic rings. The molecule has 0 bridgehead atoms. The highest BCUT2D eigenvalue weighted by Crippen LogP contribution is 2.28. The summed E-state index contributed by atoms with van der Waals surface area (Å²) < 4.78 is 1.02. The van der Waals surface area contributed by atoms with Crippen molar-refractivity contribution in [1.82, 2.24) is 9.97 Å². The van der Waals surface area contributed by atoms with Crippen LogP contribution in [0.3, 0.4) is 0 Å². The zero-order valence-corrected chi connectivity index (χ0v) is 12.7. The van der Waals surface area contributed by atoms with Gasteiger partial charge in [-0.1, -0.05) is 12.1 Å². The Morgan fingerprint density at radius 2 is 1.95 bits per heavy atom. The standard InChI is InChI=1S/C16H14BrN3/c1-11-9-15(19-10-12-5-7-18-8-6-12)13-3-2-4-14(17)16(13)20-11/h2-9H,10H2,1H3,(H,19,20). The molecule has 2 heterocycles. The summed E-state index contributed by atoms with van der Waals surface area (Å²) in [6, 6.07) is 12.2. The van der Waals surface area contributed by atoms with Crippen LogP contribution in [0.25, 0.3) is 10.9 Å². The number of para-hydroxylation sites is 1. The number of fused-ring (bicyclic) bond motifs is 1. The van der Waals surface area contributed by atoms with Gasteiger partial charge in [-0.25, -0.2) is 0 Å². The van der Waals surface area contributed by atoms with Gasteiger partial charge in [0.1, 0.15) is 0 Å². The van der Waals surface area contributed by atoms with E-state index in [1.54, 1.807) is 0 Å². The third-order valence-corrected chi connectivity index (χ3v) is 3.79. The first kappa shape index (κ1) is 13.1. The average molecular weight is 328 g/mol. The molecule has 0 radical (unpaired) electrons. The van der Waals surface area contributed by atoms with Crippen LogP contribution in [0.5, 0.6) is 0 Å². The molecule has 0 unspecified atom stereocenters. The van der Waals surface area contributed by atoms with Crippen LogP contribution >= 0.6 is 15.9 Å². The minimum absolute atomic E-state index is 0.771. The molecule has 2 aromatic heterocycles. The smallest absolute Gasteiger partial charge is 0.0867 e. The summed E-state index contributed by atoms with van der Waals surface area (Å²) in [6.07, 6.45) is 3.62. The fraction of sp³-hybridized carbons (Fsp3) is 0.125. The minimum atomic E-state index is 0.771. The van der Waals surface area contributed by atoms with Crippen LogP contribution in [-0.4, -0.2) is 9.97 Å². The predicted molar refractivity (Wildman–Crippen MR) is 85.7 cm³/mol. The Morgan fingerprint density at radius 3 is 2.75 bits per heavy atom. The lowest BCUT2D eigenvalue weighted by atomic mass is 10.1. The lowest BCUT2D eigenvalue weighted by Crippen LogP contribution is -2.01. The van der Waals surface area contributed by atoms with E-state index in [0.717, 1.165) is 33.3 Å². The van der Waals surface area contributed by atoms with Crippen molar-refractivity contribution < 1.29 is 0 Å². The van der Waals surface area contributed by atoms with E-state index in [1.165, 1.54) is 5.56 Å². The molecule has 0 atom stereocenters. The molecule has 0 fully saturated rings. The molecule has 4 heteroatoms. The van der Waals surface area contributed by atoms with Crippen molar-refractivity contribution in [2.75, 3.05) is 5.32 Å². The van der Waals surface area contributed by atoms with Crippen LogP contribution < -0.4 is 5.32 Å². The van der Waals surface area contributed by atoms with Crippen molar-refractivity contribution in [1.29, 1.82) is 0 Å². The molecule has 1 aromatic carbocycles. The highest BCUT2D eigenvalue weighted by molar-refractivity contribution is 9.10. The summed E-state index contributed by atoms with van der Waals surface area (Å²) in [5.41, 5.74) is 4.30. The number of rotatable bonds is 3. The summed E-state index contributed by atoms with van der Waals surface area (Å²) in [6.45, 7) is 2.78. The summed E-state index contributed by atoms with van der Waals surface area (Å²) in [5, 5.41) is 4.61. The van der Waals surface area contributed by atoms with E-state index in [4.69, 9.17) is 0 Å². The Hall–Kier alpha value is -1.94. The summed E-state index contributed by atoms with van der Waals surface area (Å²) in [5.74, 6) is 0. The lowest BCUT2D eigenvalue weighted by Gasteiger charge is -2.11. The van der Waals surface area contributed by atoms with Gasteiger partial charge in [0, 0.05) is 40.2 Å². The topological polar surface area (TPSA) is 37.8 Å². The molecule has 0 amide bonds. The maximum Gasteiger partial charge on any atom is 0.0867 e. The van der Waals surface area contributed by atoms with Crippen LogP contribution in [-0.2, 0) is 6.54 Å².